The third kappa shape index (κ3) is 5.91. The number of piperazine rings is 1. The summed E-state index contributed by atoms with van der Waals surface area (Å²) in [6, 6.07) is 10.3. The molecule has 0 bridgehead atoms. The molecule has 1 aromatic rings. The average Bonchev–Trinajstić information content (AvgIpc) is 2.54. The van der Waals surface area contributed by atoms with E-state index in [4.69, 9.17) is 0 Å². The Balaban J connectivity index is 1.82. The zero-order valence-electron chi connectivity index (χ0n) is 15.7. The summed E-state index contributed by atoms with van der Waals surface area (Å²) in [4.78, 5) is 17.3. The van der Waals surface area contributed by atoms with Crippen LogP contribution in [0.4, 0.5) is 0 Å². The van der Waals surface area contributed by atoms with E-state index in [-0.39, 0.29) is 11.9 Å². The van der Waals surface area contributed by atoms with Crippen LogP contribution in [0.1, 0.15) is 39.3 Å². The van der Waals surface area contributed by atoms with Gasteiger partial charge in [0.2, 0.25) is 5.91 Å². The Morgan fingerprint density at radius 3 is 2.12 bits per heavy atom. The minimum absolute atomic E-state index is 0.0842. The van der Waals surface area contributed by atoms with Crippen molar-refractivity contribution in [3.8, 4) is 0 Å². The Labute approximate surface area is 147 Å². The van der Waals surface area contributed by atoms with Crippen LogP contribution in [0.2, 0.25) is 0 Å². The lowest BCUT2D eigenvalue weighted by atomic mass is 9.96. The predicted molar refractivity (Wildman–Crippen MR) is 99.9 cm³/mol. The molecule has 1 atom stereocenters. The van der Waals surface area contributed by atoms with E-state index in [0.717, 1.165) is 32.7 Å². The Morgan fingerprint density at radius 1 is 1.00 bits per heavy atom. The molecule has 0 aliphatic carbocycles. The van der Waals surface area contributed by atoms with E-state index in [9.17, 15) is 4.79 Å². The molecule has 0 saturated carbocycles. The molecule has 0 aromatic heterocycles. The van der Waals surface area contributed by atoms with E-state index in [1.807, 2.05) is 18.2 Å². The second-order valence-corrected chi connectivity index (χ2v) is 7.67. The number of carbonyl (C=O) groups is 1. The summed E-state index contributed by atoms with van der Waals surface area (Å²) >= 11 is 0. The molecule has 4 heteroatoms. The average molecular weight is 332 g/mol. The topological polar surface area (TPSA) is 35.6 Å². The Hall–Kier alpha value is -1.39. The Morgan fingerprint density at radius 2 is 1.58 bits per heavy atom. The number of hydrogen-bond acceptors (Lipinski definition) is 3. The summed E-state index contributed by atoms with van der Waals surface area (Å²) in [6.45, 7) is 14.6. The molecule has 1 heterocycles. The Kier molecular flexibility index (Phi) is 7.25. The van der Waals surface area contributed by atoms with Gasteiger partial charge in [0.05, 0.1) is 12.6 Å². The van der Waals surface area contributed by atoms with E-state index >= 15 is 0 Å². The summed E-state index contributed by atoms with van der Waals surface area (Å²) in [7, 11) is 0. The van der Waals surface area contributed by atoms with Crippen LogP contribution in [0.3, 0.4) is 0 Å². The van der Waals surface area contributed by atoms with Crippen LogP contribution in [0.5, 0.6) is 0 Å². The van der Waals surface area contributed by atoms with Gasteiger partial charge in [0.1, 0.15) is 0 Å². The minimum Gasteiger partial charge on any atom is -0.348 e. The van der Waals surface area contributed by atoms with Gasteiger partial charge < -0.3 is 10.2 Å². The van der Waals surface area contributed by atoms with Crippen LogP contribution in [0.25, 0.3) is 0 Å². The highest BCUT2D eigenvalue weighted by Gasteiger charge is 2.22. The molecule has 4 nitrogen and oxygen atoms in total. The highest BCUT2D eigenvalue weighted by molar-refractivity contribution is 5.78. The number of nitrogens with one attached hydrogen (secondary N) is 1. The number of carbonyl (C=O) groups excluding carboxylic acids is 1. The first-order valence-corrected chi connectivity index (χ1v) is 9.24. The zero-order valence-corrected chi connectivity index (χ0v) is 15.7. The summed E-state index contributed by atoms with van der Waals surface area (Å²) < 4.78 is 0. The fraction of sp³-hybridized carbons (Fsp3) is 0.650. The summed E-state index contributed by atoms with van der Waals surface area (Å²) in [5.41, 5.74) is 1.18. The molecule has 1 N–H and O–H groups in total. The first-order chi connectivity index (χ1) is 11.5. The predicted octanol–water partition coefficient (Wildman–Crippen LogP) is 2.77. The monoisotopic (exact) mass is 331 g/mol. The maximum Gasteiger partial charge on any atom is 0.234 e. The molecule has 134 valence electrons. The summed E-state index contributed by atoms with van der Waals surface area (Å²) in [5, 5.41) is 3.23. The van der Waals surface area contributed by atoms with Gasteiger partial charge in [-0.2, -0.15) is 0 Å². The molecule has 1 aliphatic rings. The lowest BCUT2D eigenvalue weighted by Gasteiger charge is -2.35. The largest absolute Gasteiger partial charge is 0.348 e. The van der Waals surface area contributed by atoms with E-state index < -0.39 is 0 Å². The van der Waals surface area contributed by atoms with Crippen LogP contribution in [-0.4, -0.2) is 55.0 Å². The number of benzene rings is 1. The normalized spacial score (nSPS) is 18.1. The van der Waals surface area contributed by atoms with Gasteiger partial charge >= 0.3 is 0 Å². The zero-order chi connectivity index (χ0) is 17.5. The van der Waals surface area contributed by atoms with Gasteiger partial charge in [-0.15, -0.1) is 0 Å². The molecular formula is C20H33N3O. The van der Waals surface area contributed by atoms with Crippen molar-refractivity contribution in [2.45, 2.75) is 33.7 Å². The fourth-order valence-corrected chi connectivity index (χ4v) is 3.36. The standard InChI is InChI=1S/C20H33N3O/c1-16(2)14-22-10-12-23(13-11-22)15-19(24)21-20(17(3)4)18-8-6-5-7-9-18/h5-9,16-17,20H,10-15H2,1-4H3,(H,21,24). The van der Waals surface area contributed by atoms with Crippen molar-refractivity contribution in [2.75, 3.05) is 39.3 Å². The number of amides is 1. The van der Waals surface area contributed by atoms with Crippen molar-refractivity contribution in [3.05, 3.63) is 35.9 Å². The maximum atomic E-state index is 12.5. The molecule has 0 spiro atoms. The van der Waals surface area contributed by atoms with Gasteiger partial charge in [-0.1, -0.05) is 58.0 Å². The summed E-state index contributed by atoms with van der Waals surface area (Å²) in [6.07, 6.45) is 0. The number of hydrogen-bond donors (Lipinski definition) is 1. The Bertz CT molecular complexity index is 493. The molecule has 1 aliphatic heterocycles. The van der Waals surface area contributed by atoms with Crippen molar-refractivity contribution >= 4 is 5.91 Å². The van der Waals surface area contributed by atoms with Crippen LogP contribution in [-0.2, 0) is 4.79 Å². The fourth-order valence-electron chi connectivity index (χ4n) is 3.36. The van der Waals surface area contributed by atoms with Crippen molar-refractivity contribution in [3.63, 3.8) is 0 Å². The van der Waals surface area contributed by atoms with Crippen LogP contribution in [0.15, 0.2) is 30.3 Å². The highest BCUT2D eigenvalue weighted by Crippen LogP contribution is 2.21. The maximum absolute atomic E-state index is 12.5. The molecule has 2 rings (SSSR count). The van der Waals surface area contributed by atoms with Gasteiger partial charge in [-0.3, -0.25) is 9.69 Å². The third-order valence-corrected chi connectivity index (χ3v) is 4.60. The molecule has 24 heavy (non-hydrogen) atoms. The minimum atomic E-state index is 0.0842. The van der Waals surface area contributed by atoms with Crippen LogP contribution in [0, 0.1) is 11.8 Å². The lowest BCUT2D eigenvalue weighted by molar-refractivity contribution is -0.123. The quantitative estimate of drug-likeness (QED) is 0.834. The van der Waals surface area contributed by atoms with Gasteiger partial charge in [0.15, 0.2) is 0 Å². The molecule has 0 radical (unpaired) electrons. The van der Waals surface area contributed by atoms with Gasteiger partial charge in [-0.05, 0) is 17.4 Å². The first-order valence-electron chi connectivity index (χ1n) is 9.24. The molecular weight excluding hydrogens is 298 g/mol. The molecule has 1 aromatic carbocycles. The molecule has 1 fully saturated rings. The van der Waals surface area contributed by atoms with Gasteiger partial charge in [0.25, 0.3) is 0 Å². The smallest absolute Gasteiger partial charge is 0.234 e. The molecule has 1 amide bonds. The first kappa shape index (κ1) is 18.9. The summed E-state index contributed by atoms with van der Waals surface area (Å²) in [5.74, 6) is 1.21. The molecule has 1 unspecified atom stereocenters. The van der Waals surface area contributed by atoms with E-state index in [2.05, 4.69) is 54.9 Å². The molecule has 1 saturated heterocycles. The van der Waals surface area contributed by atoms with E-state index in [0.29, 0.717) is 18.4 Å². The van der Waals surface area contributed by atoms with Crippen molar-refractivity contribution in [1.29, 1.82) is 0 Å². The van der Waals surface area contributed by atoms with E-state index in [1.165, 1.54) is 5.56 Å². The van der Waals surface area contributed by atoms with Crippen molar-refractivity contribution in [1.82, 2.24) is 15.1 Å². The number of nitrogens with zero attached hydrogens (tertiary/aromatic N) is 2. The van der Waals surface area contributed by atoms with Gasteiger partial charge in [0, 0.05) is 32.7 Å². The highest BCUT2D eigenvalue weighted by atomic mass is 16.2. The van der Waals surface area contributed by atoms with Crippen LogP contribution < -0.4 is 5.32 Å². The van der Waals surface area contributed by atoms with Crippen molar-refractivity contribution in [2.24, 2.45) is 11.8 Å². The van der Waals surface area contributed by atoms with Crippen molar-refractivity contribution < 1.29 is 4.79 Å². The van der Waals surface area contributed by atoms with Gasteiger partial charge in [-0.25, -0.2) is 0 Å². The lowest BCUT2D eigenvalue weighted by Crippen LogP contribution is -2.50. The second kappa shape index (κ2) is 9.19. The number of rotatable bonds is 7. The SMILES string of the molecule is CC(C)CN1CCN(CC(=O)NC(c2ccccc2)C(C)C)CC1. The second-order valence-electron chi connectivity index (χ2n) is 7.67. The third-order valence-electron chi connectivity index (χ3n) is 4.60. The van der Waals surface area contributed by atoms with Crippen LogP contribution >= 0.6 is 0 Å². The van der Waals surface area contributed by atoms with E-state index in [1.54, 1.807) is 0 Å².